The van der Waals surface area contributed by atoms with Crippen LogP contribution in [-0.4, -0.2) is 9.38 Å². The molecule has 0 spiro atoms. The van der Waals surface area contributed by atoms with Gasteiger partial charge in [-0.3, -0.25) is 9.38 Å². The first-order chi connectivity index (χ1) is 12.3. The van der Waals surface area contributed by atoms with Gasteiger partial charge in [0.25, 0.3) is 0 Å². The van der Waals surface area contributed by atoms with Crippen LogP contribution in [0.15, 0.2) is 66.9 Å². The maximum absolute atomic E-state index is 4.54. The number of aryl methyl sites for hydroxylation is 1. The smallest absolute Gasteiger partial charge is 0.109 e. The third-order valence-electron chi connectivity index (χ3n) is 5.04. The highest BCUT2D eigenvalue weighted by atomic mass is 32.1. The van der Waals surface area contributed by atoms with Gasteiger partial charge in [0.1, 0.15) is 4.83 Å². The number of hydrogen-bond donors (Lipinski definition) is 0. The number of fused-ring (bicyclic) bond motifs is 6. The number of benzene rings is 2. The van der Waals surface area contributed by atoms with E-state index in [1.807, 2.05) is 23.6 Å². The van der Waals surface area contributed by atoms with Crippen LogP contribution in [0.25, 0.3) is 48.0 Å². The molecule has 0 unspecified atom stereocenters. The predicted molar refractivity (Wildman–Crippen MR) is 107 cm³/mol. The second-order valence-corrected chi connectivity index (χ2v) is 7.64. The van der Waals surface area contributed by atoms with Crippen LogP contribution >= 0.6 is 11.3 Å². The standard InChI is InChI=1S/C22H14N2S/c1-13-10-15-14-6-2-3-8-19(14)24-21(15)16(11-13)17-12-20(25-22(17)24)18-7-4-5-9-23-18/h2-12H,1H3. The lowest BCUT2D eigenvalue weighted by Gasteiger charge is -1.97. The fourth-order valence-corrected chi connectivity index (χ4v) is 5.20. The normalized spacial score (nSPS) is 12.2. The highest BCUT2D eigenvalue weighted by molar-refractivity contribution is 7.22. The molecule has 6 aromatic rings. The van der Waals surface area contributed by atoms with Crippen molar-refractivity contribution >= 4 is 48.7 Å². The lowest BCUT2D eigenvalue weighted by Crippen LogP contribution is -1.78. The first kappa shape index (κ1) is 13.4. The Labute approximate surface area is 148 Å². The maximum atomic E-state index is 4.54. The molecular formula is C22H14N2S. The lowest BCUT2D eigenvalue weighted by molar-refractivity contribution is 1.34. The summed E-state index contributed by atoms with van der Waals surface area (Å²) in [7, 11) is 0. The third kappa shape index (κ3) is 1.66. The zero-order valence-corrected chi connectivity index (χ0v) is 14.5. The van der Waals surface area contributed by atoms with Gasteiger partial charge in [-0.15, -0.1) is 11.3 Å². The van der Waals surface area contributed by atoms with Gasteiger partial charge in [-0.1, -0.05) is 24.3 Å². The van der Waals surface area contributed by atoms with Gasteiger partial charge >= 0.3 is 0 Å². The monoisotopic (exact) mass is 338 g/mol. The number of nitrogens with zero attached hydrogens (tertiary/aromatic N) is 2. The molecular weight excluding hydrogens is 324 g/mol. The minimum absolute atomic E-state index is 1.05. The van der Waals surface area contributed by atoms with E-state index in [4.69, 9.17) is 0 Å². The van der Waals surface area contributed by atoms with Crippen LogP contribution in [0.1, 0.15) is 5.56 Å². The molecule has 0 amide bonds. The van der Waals surface area contributed by atoms with Gasteiger partial charge in [-0.05, 0) is 48.9 Å². The molecule has 0 saturated carbocycles. The van der Waals surface area contributed by atoms with Crippen LogP contribution in [0.3, 0.4) is 0 Å². The number of thiophene rings is 1. The molecule has 4 heterocycles. The van der Waals surface area contributed by atoms with Crippen LogP contribution in [0.2, 0.25) is 0 Å². The van der Waals surface area contributed by atoms with Crippen molar-refractivity contribution in [1.29, 1.82) is 0 Å². The zero-order chi connectivity index (χ0) is 16.5. The van der Waals surface area contributed by atoms with Crippen molar-refractivity contribution in [3.05, 3.63) is 72.4 Å². The molecule has 0 saturated heterocycles. The Kier molecular flexibility index (Phi) is 2.46. The van der Waals surface area contributed by atoms with Gasteiger partial charge in [0.2, 0.25) is 0 Å². The van der Waals surface area contributed by atoms with Crippen molar-refractivity contribution in [2.45, 2.75) is 6.92 Å². The largest absolute Gasteiger partial charge is 0.299 e. The summed E-state index contributed by atoms with van der Waals surface area (Å²) in [4.78, 5) is 7.07. The molecule has 2 nitrogen and oxygen atoms in total. The highest BCUT2D eigenvalue weighted by Crippen LogP contribution is 2.44. The minimum Gasteiger partial charge on any atom is -0.299 e. The van der Waals surface area contributed by atoms with Crippen LogP contribution in [0.5, 0.6) is 0 Å². The number of rotatable bonds is 1. The Hall–Kier alpha value is -2.91. The third-order valence-corrected chi connectivity index (χ3v) is 6.18. The van der Waals surface area contributed by atoms with E-state index in [1.165, 1.54) is 47.8 Å². The average molecular weight is 338 g/mol. The summed E-state index contributed by atoms with van der Waals surface area (Å²) in [6.45, 7) is 2.19. The summed E-state index contributed by atoms with van der Waals surface area (Å²) < 4.78 is 2.44. The predicted octanol–water partition coefficient (Wildman–Crippen LogP) is 6.27. The van der Waals surface area contributed by atoms with E-state index in [9.17, 15) is 0 Å². The van der Waals surface area contributed by atoms with Crippen LogP contribution < -0.4 is 0 Å². The summed E-state index contributed by atoms with van der Waals surface area (Å²) in [5.74, 6) is 0. The summed E-state index contributed by atoms with van der Waals surface area (Å²) in [6.07, 6.45) is 1.86. The van der Waals surface area contributed by atoms with E-state index in [0.29, 0.717) is 0 Å². The fourth-order valence-electron chi connectivity index (χ4n) is 4.03. The lowest BCUT2D eigenvalue weighted by atomic mass is 10.1. The van der Waals surface area contributed by atoms with Gasteiger partial charge in [-0.2, -0.15) is 0 Å². The van der Waals surface area contributed by atoms with Crippen LogP contribution in [-0.2, 0) is 0 Å². The molecule has 3 heteroatoms. The molecule has 2 aromatic carbocycles. The van der Waals surface area contributed by atoms with Crippen molar-refractivity contribution in [3.8, 4) is 10.6 Å². The first-order valence-corrected chi connectivity index (χ1v) is 9.23. The Morgan fingerprint density at radius 2 is 1.64 bits per heavy atom. The van der Waals surface area contributed by atoms with E-state index >= 15 is 0 Å². The van der Waals surface area contributed by atoms with Crippen molar-refractivity contribution in [1.82, 2.24) is 9.38 Å². The molecule has 0 radical (unpaired) electrons. The van der Waals surface area contributed by atoms with Gasteiger partial charge in [0, 0.05) is 27.7 Å². The van der Waals surface area contributed by atoms with E-state index in [0.717, 1.165) is 5.69 Å². The molecule has 0 aliphatic carbocycles. The number of para-hydroxylation sites is 1. The van der Waals surface area contributed by atoms with Crippen molar-refractivity contribution in [2.24, 2.45) is 0 Å². The Morgan fingerprint density at radius 3 is 2.48 bits per heavy atom. The molecule has 6 rings (SSSR count). The van der Waals surface area contributed by atoms with Gasteiger partial charge in [0.05, 0.1) is 21.6 Å². The Balaban J connectivity index is 1.86. The van der Waals surface area contributed by atoms with Gasteiger partial charge < -0.3 is 0 Å². The first-order valence-electron chi connectivity index (χ1n) is 8.41. The van der Waals surface area contributed by atoms with E-state index in [1.54, 1.807) is 0 Å². The topological polar surface area (TPSA) is 17.3 Å². The summed E-state index contributed by atoms with van der Waals surface area (Å²) >= 11 is 1.83. The number of hydrogen-bond acceptors (Lipinski definition) is 2. The van der Waals surface area contributed by atoms with E-state index < -0.39 is 0 Å². The second-order valence-electron chi connectivity index (χ2n) is 6.61. The van der Waals surface area contributed by atoms with Gasteiger partial charge in [-0.25, -0.2) is 0 Å². The molecule has 0 fully saturated rings. The molecule has 4 aromatic heterocycles. The summed E-state index contributed by atoms with van der Waals surface area (Å²) in [5.41, 5.74) is 4.99. The number of pyridine rings is 1. The van der Waals surface area contributed by atoms with Gasteiger partial charge in [0.15, 0.2) is 0 Å². The van der Waals surface area contributed by atoms with E-state index in [2.05, 4.69) is 70.9 Å². The van der Waals surface area contributed by atoms with Crippen LogP contribution in [0, 0.1) is 6.92 Å². The van der Waals surface area contributed by atoms with E-state index in [-0.39, 0.29) is 0 Å². The van der Waals surface area contributed by atoms with Crippen molar-refractivity contribution in [3.63, 3.8) is 0 Å². The summed E-state index contributed by atoms with van der Waals surface area (Å²) in [5, 5.41) is 5.37. The number of aromatic nitrogens is 2. The SMILES string of the molecule is Cc1cc2c3ccccc3n3c4sc(-c5ccccn5)cc4c(c1)c23. The second kappa shape index (κ2) is 4.58. The quantitative estimate of drug-likeness (QED) is 0.345. The van der Waals surface area contributed by atoms with Crippen molar-refractivity contribution < 1.29 is 0 Å². The Morgan fingerprint density at radius 1 is 0.840 bits per heavy atom. The highest BCUT2D eigenvalue weighted by Gasteiger charge is 2.20. The average Bonchev–Trinajstić information content (AvgIpc) is 3.29. The zero-order valence-electron chi connectivity index (χ0n) is 13.7. The summed E-state index contributed by atoms with van der Waals surface area (Å²) in [6, 6.07) is 21.7. The van der Waals surface area contributed by atoms with Crippen molar-refractivity contribution in [2.75, 3.05) is 0 Å². The maximum Gasteiger partial charge on any atom is 0.109 e. The molecule has 0 bridgehead atoms. The van der Waals surface area contributed by atoms with Crippen LogP contribution in [0.4, 0.5) is 0 Å². The Bertz CT molecular complexity index is 1390. The molecule has 0 atom stereocenters. The minimum atomic E-state index is 1.05. The molecule has 0 N–H and O–H groups in total. The fraction of sp³-hybridized carbons (Fsp3) is 0.0455. The molecule has 0 aliphatic rings. The molecule has 0 aliphatic heterocycles. The molecule has 25 heavy (non-hydrogen) atoms. The molecule has 118 valence electrons.